The van der Waals surface area contributed by atoms with Gasteiger partial charge in [0.25, 0.3) is 5.91 Å². The molecule has 4 aliphatic rings. The normalized spacial score (nSPS) is 22.2. The summed E-state index contributed by atoms with van der Waals surface area (Å²) in [6.07, 6.45) is 8.36. The Bertz CT molecular complexity index is 1320. The van der Waals surface area contributed by atoms with Gasteiger partial charge in [-0.1, -0.05) is 0 Å². The molecule has 1 saturated carbocycles. The van der Waals surface area contributed by atoms with Crippen LogP contribution in [-0.4, -0.2) is 69.6 Å². The monoisotopic (exact) mass is 461 g/mol. The Morgan fingerprint density at radius 3 is 2.88 bits per heavy atom. The second-order valence-corrected chi connectivity index (χ2v) is 8.84. The van der Waals surface area contributed by atoms with Crippen LogP contribution in [0.4, 0.5) is 5.82 Å². The largest absolute Gasteiger partial charge is 0.379 e. The Morgan fingerprint density at radius 1 is 1.24 bits per heavy atom. The second kappa shape index (κ2) is 8.37. The van der Waals surface area contributed by atoms with Gasteiger partial charge in [-0.25, -0.2) is 9.97 Å². The summed E-state index contributed by atoms with van der Waals surface area (Å²) in [7, 11) is 3.50. The van der Waals surface area contributed by atoms with E-state index in [9.17, 15) is 4.79 Å². The van der Waals surface area contributed by atoms with Crippen molar-refractivity contribution < 1.29 is 14.3 Å². The van der Waals surface area contributed by atoms with Crippen LogP contribution in [0.5, 0.6) is 0 Å². The van der Waals surface area contributed by atoms with Crippen molar-refractivity contribution in [1.29, 1.82) is 0 Å². The summed E-state index contributed by atoms with van der Waals surface area (Å²) in [5.74, 6) is 1.44. The molecule has 0 spiro atoms. The van der Waals surface area contributed by atoms with Gasteiger partial charge in [-0.3, -0.25) is 4.79 Å². The Morgan fingerprint density at radius 2 is 2.15 bits per heavy atom. The third kappa shape index (κ3) is 3.33. The number of carbonyl (C=O) groups excluding carboxylic acids is 1. The predicted octanol–water partition coefficient (Wildman–Crippen LogP) is 2.61. The molecule has 3 aliphatic heterocycles. The van der Waals surface area contributed by atoms with Gasteiger partial charge in [0.15, 0.2) is 5.65 Å². The molecule has 0 aromatic carbocycles. The minimum atomic E-state index is -0.196. The van der Waals surface area contributed by atoms with Crippen LogP contribution in [0.15, 0.2) is 36.8 Å². The molecule has 34 heavy (non-hydrogen) atoms. The van der Waals surface area contributed by atoms with Gasteiger partial charge in [0.05, 0.1) is 36.7 Å². The van der Waals surface area contributed by atoms with Crippen LogP contribution in [0, 0.1) is 0 Å². The Labute approximate surface area is 196 Å². The number of anilines is 1. The fourth-order valence-corrected chi connectivity index (χ4v) is 4.90. The molecule has 2 aromatic heterocycles. The molecule has 1 amide bonds. The van der Waals surface area contributed by atoms with Crippen molar-refractivity contribution in [3.63, 3.8) is 0 Å². The van der Waals surface area contributed by atoms with Crippen LogP contribution < -0.4 is 10.6 Å². The molecule has 2 fully saturated rings. The Balaban J connectivity index is 1.39. The maximum absolute atomic E-state index is 13.1. The van der Waals surface area contributed by atoms with Gasteiger partial charge < -0.3 is 24.7 Å². The van der Waals surface area contributed by atoms with E-state index in [4.69, 9.17) is 19.4 Å². The van der Waals surface area contributed by atoms with Crippen LogP contribution in [0.1, 0.15) is 35.7 Å². The summed E-state index contributed by atoms with van der Waals surface area (Å²) in [5.41, 5.74) is 3.58. The minimum Gasteiger partial charge on any atom is -0.379 e. The summed E-state index contributed by atoms with van der Waals surface area (Å²) in [6.45, 7) is 1.46. The lowest BCUT2D eigenvalue weighted by molar-refractivity contribution is 0.00732. The van der Waals surface area contributed by atoms with Crippen LogP contribution in [-0.2, 0) is 9.47 Å². The predicted molar refractivity (Wildman–Crippen MR) is 126 cm³/mol. The number of amides is 1. The molecule has 5 heterocycles. The number of carbonyl (C=O) groups is 1. The molecule has 0 bridgehead atoms. The zero-order valence-electron chi connectivity index (χ0n) is 19.2. The first-order valence-corrected chi connectivity index (χ1v) is 11.6. The smallest absolute Gasteiger partial charge is 0.257 e. The lowest BCUT2D eigenvalue weighted by atomic mass is 9.89. The molecular formula is C24H27N7O3. The first kappa shape index (κ1) is 21.1. The zero-order valence-corrected chi connectivity index (χ0v) is 19.2. The van der Waals surface area contributed by atoms with Gasteiger partial charge in [0.1, 0.15) is 17.2 Å². The highest BCUT2D eigenvalue weighted by Gasteiger charge is 2.33. The quantitative estimate of drug-likeness (QED) is 0.454. The van der Waals surface area contributed by atoms with Crippen LogP contribution >= 0.6 is 0 Å². The number of ether oxygens (including phenoxy) is 2. The molecular weight excluding hydrogens is 434 g/mol. The van der Waals surface area contributed by atoms with Gasteiger partial charge in [0.2, 0.25) is 0 Å². The molecule has 1 saturated heterocycles. The summed E-state index contributed by atoms with van der Waals surface area (Å²) in [5, 5.41) is 10.7. The summed E-state index contributed by atoms with van der Waals surface area (Å²) < 4.78 is 14.8. The Kier molecular flexibility index (Phi) is 5.19. The minimum absolute atomic E-state index is 0.0117. The highest BCUT2D eigenvalue weighted by Crippen LogP contribution is 2.36. The first-order chi connectivity index (χ1) is 16.7. The van der Waals surface area contributed by atoms with Crippen molar-refractivity contribution in [3.8, 4) is 22.6 Å². The molecule has 2 N–H and O–H groups in total. The maximum atomic E-state index is 13.1. The van der Waals surface area contributed by atoms with E-state index in [-0.39, 0.29) is 24.1 Å². The maximum Gasteiger partial charge on any atom is 0.257 e. The van der Waals surface area contributed by atoms with Crippen molar-refractivity contribution >= 4 is 17.4 Å². The van der Waals surface area contributed by atoms with Gasteiger partial charge >= 0.3 is 0 Å². The van der Waals surface area contributed by atoms with E-state index in [0.29, 0.717) is 17.8 Å². The van der Waals surface area contributed by atoms with Crippen molar-refractivity contribution in [2.24, 2.45) is 0 Å². The zero-order chi connectivity index (χ0) is 23.2. The van der Waals surface area contributed by atoms with Crippen molar-refractivity contribution in [2.75, 3.05) is 32.7 Å². The van der Waals surface area contributed by atoms with E-state index in [0.717, 1.165) is 54.3 Å². The number of nitrogens with zero attached hydrogens (tertiary/aromatic N) is 5. The highest BCUT2D eigenvalue weighted by atomic mass is 16.5. The third-order valence-corrected chi connectivity index (χ3v) is 6.98. The molecule has 0 radical (unpaired) electrons. The summed E-state index contributed by atoms with van der Waals surface area (Å²) in [6, 6.07) is 6.31. The molecule has 6 rings (SSSR count). The van der Waals surface area contributed by atoms with Crippen LogP contribution in [0.2, 0.25) is 0 Å². The molecule has 10 nitrogen and oxygen atoms in total. The molecule has 10 heteroatoms. The van der Waals surface area contributed by atoms with Crippen LogP contribution in [0.3, 0.4) is 0 Å². The van der Waals surface area contributed by atoms with E-state index < -0.39 is 0 Å². The van der Waals surface area contributed by atoms with E-state index in [1.165, 1.54) is 0 Å². The van der Waals surface area contributed by atoms with Gasteiger partial charge in [-0.05, 0) is 31.4 Å². The molecule has 3 atom stereocenters. The fourth-order valence-electron chi connectivity index (χ4n) is 4.90. The number of aromatic nitrogens is 5. The first-order valence-electron chi connectivity index (χ1n) is 11.6. The van der Waals surface area contributed by atoms with E-state index in [1.807, 2.05) is 25.4 Å². The number of nitrogens with one attached hydrogen (secondary N) is 2. The number of pyridine rings is 1. The van der Waals surface area contributed by atoms with E-state index in [1.54, 1.807) is 17.8 Å². The number of rotatable bonds is 6. The van der Waals surface area contributed by atoms with Crippen molar-refractivity contribution in [1.82, 2.24) is 29.5 Å². The highest BCUT2D eigenvalue weighted by molar-refractivity contribution is 6.00. The average molecular weight is 462 g/mol. The van der Waals surface area contributed by atoms with Crippen LogP contribution in [0.25, 0.3) is 28.3 Å². The average Bonchev–Trinajstić information content (AvgIpc) is 3.60. The van der Waals surface area contributed by atoms with E-state index in [2.05, 4.69) is 32.6 Å². The standard InChI is InChI=1S/C24H27N7O3/c1-25-21-10-19(16-11-26-22-15(16)4-3-8-30(22)14-7-9-34-13-14)28-23-17(12-27-31(21)23)24(32)29-18-5-6-20(18)33-2/h3-4,8,10-12,14,18,20,25H,5-7,9,13H2,1-2H3,(H,29,32)/t14?,18?,20-/m1/s1. The fraction of sp³-hybridized carbons (Fsp3) is 0.417. The van der Waals surface area contributed by atoms with Gasteiger partial charge in [-0.2, -0.15) is 9.61 Å². The molecule has 176 valence electrons. The molecule has 1 aliphatic carbocycles. The number of hydrogen-bond acceptors (Lipinski definition) is 7. The number of fused-ring (bicyclic) bond motifs is 2. The van der Waals surface area contributed by atoms with Crippen molar-refractivity contribution in [2.45, 2.75) is 37.5 Å². The third-order valence-electron chi connectivity index (χ3n) is 6.98. The lowest BCUT2D eigenvalue weighted by Crippen LogP contribution is -2.51. The molecule has 2 unspecified atom stereocenters. The second-order valence-electron chi connectivity index (χ2n) is 8.84. The number of methoxy groups -OCH3 is 1. The van der Waals surface area contributed by atoms with Crippen molar-refractivity contribution in [3.05, 3.63) is 42.4 Å². The number of hydrogen-bond donors (Lipinski definition) is 2. The summed E-state index contributed by atoms with van der Waals surface area (Å²) >= 11 is 0. The van der Waals surface area contributed by atoms with Gasteiger partial charge in [-0.15, -0.1) is 0 Å². The SMILES string of the molecule is CNc1cc(-c2cnc3n(C4CCOC4)cccc2-3)nc2c(C(=O)NC3CC[C@H]3OC)cnn12. The lowest BCUT2D eigenvalue weighted by Gasteiger charge is -2.35. The van der Waals surface area contributed by atoms with Gasteiger partial charge in [0, 0.05) is 50.4 Å². The topological polar surface area (TPSA) is 108 Å². The van der Waals surface area contributed by atoms with E-state index >= 15 is 0 Å². The molecule has 2 aromatic rings. The summed E-state index contributed by atoms with van der Waals surface area (Å²) in [4.78, 5) is 22.7. The Hall–Kier alpha value is -3.50.